The van der Waals surface area contributed by atoms with E-state index in [1.54, 1.807) is 17.0 Å². The normalized spacial score (nSPS) is 23.5. The largest absolute Gasteiger partial charge is 0.338 e. The Bertz CT molecular complexity index is 475. The molecule has 0 radical (unpaired) electrons. The Balaban J connectivity index is 2.18. The maximum absolute atomic E-state index is 13.8. The summed E-state index contributed by atoms with van der Waals surface area (Å²) < 4.78 is 13.8. The molecule has 19 heavy (non-hydrogen) atoms. The first-order chi connectivity index (χ1) is 9.02. The molecule has 1 aromatic rings. The summed E-state index contributed by atoms with van der Waals surface area (Å²) in [6, 6.07) is 4.80. The zero-order chi connectivity index (χ0) is 14.0. The molecule has 4 heteroatoms. The smallest absolute Gasteiger partial charge is 0.256 e. The molecule has 2 rings (SSSR count). The summed E-state index contributed by atoms with van der Waals surface area (Å²) in [5, 5.41) is 0. The summed E-state index contributed by atoms with van der Waals surface area (Å²) in [5.41, 5.74) is 7.10. The molecule has 1 fully saturated rings. The van der Waals surface area contributed by atoms with Crippen LogP contribution >= 0.6 is 0 Å². The zero-order valence-electron chi connectivity index (χ0n) is 11.5. The average Bonchev–Trinajstić information content (AvgIpc) is 2.41. The number of aryl methyl sites for hydroxylation is 1. The van der Waals surface area contributed by atoms with E-state index in [9.17, 15) is 9.18 Å². The molecule has 1 aliphatic rings. The molecule has 2 N–H and O–H groups in total. The summed E-state index contributed by atoms with van der Waals surface area (Å²) in [4.78, 5) is 14.1. The van der Waals surface area contributed by atoms with Gasteiger partial charge in [-0.15, -0.1) is 0 Å². The maximum atomic E-state index is 13.8. The standard InChI is InChI=1S/C15H21FN2O/c1-3-11-9-18(7-6-14(11)17)15(19)12-8-10(2)4-5-13(12)16/h4-5,8,11,14H,3,6-7,9,17H2,1-2H3. The monoisotopic (exact) mass is 264 g/mol. The molecule has 0 aromatic heterocycles. The molecule has 1 aromatic carbocycles. The third-order valence-electron chi connectivity index (χ3n) is 3.96. The lowest BCUT2D eigenvalue weighted by Crippen LogP contribution is -2.49. The third-order valence-corrected chi connectivity index (χ3v) is 3.96. The Kier molecular flexibility index (Phi) is 4.20. The van der Waals surface area contributed by atoms with E-state index < -0.39 is 5.82 Å². The second-order valence-corrected chi connectivity index (χ2v) is 5.36. The fourth-order valence-corrected chi connectivity index (χ4v) is 2.64. The number of nitrogens with two attached hydrogens (primary N) is 1. The topological polar surface area (TPSA) is 46.3 Å². The number of carbonyl (C=O) groups is 1. The molecular formula is C15H21FN2O. The van der Waals surface area contributed by atoms with Gasteiger partial charge in [-0.05, 0) is 31.4 Å². The molecule has 0 aliphatic carbocycles. The van der Waals surface area contributed by atoms with Gasteiger partial charge in [0.05, 0.1) is 5.56 Å². The van der Waals surface area contributed by atoms with Gasteiger partial charge in [0, 0.05) is 19.1 Å². The lowest BCUT2D eigenvalue weighted by Gasteiger charge is -2.36. The summed E-state index contributed by atoms with van der Waals surface area (Å²) in [6.45, 7) is 5.18. The number of rotatable bonds is 2. The summed E-state index contributed by atoms with van der Waals surface area (Å²) >= 11 is 0. The third kappa shape index (κ3) is 2.95. The number of piperidine rings is 1. The number of hydrogen-bond acceptors (Lipinski definition) is 2. The molecule has 1 amide bonds. The highest BCUT2D eigenvalue weighted by Gasteiger charge is 2.29. The number of amides is 1. The predicted molar refractivity (Wildman–Crippen MR) is 73.4 cm³/mol. The first-order valence-corrected chi connectivity index (χ1v) is 6.84. The lowest BCUT2D eigenvalue weighted by molar-refractivity contribution is 0.0644. The van der Waals surface area contributed by atoms with Gasteiger partial charge < -0.3 is 10.6 Å². The Labute approximate surface area is 113 Å². The Morgan fingerprint density at radius 2 is 2.26 bits per heavy atom. The van der Waals surface area contributed by atoms with Crippen molar-refractivity contribution in [2.75, 3.05) is 13.1 Å². The van der Waals surface area contributed by atoms with Crippen LogP contribution in [0.3, 0.4) is 0 Å². The van der Waals surface area contributed by atoms with Crippen LogP contribution in [-0.2, 0) is 0 Å². The van der Waals surface area contributed by atoms with Crippen molar-refractivity contribution in [3.63, 3.8) is 0 Å². The Hall–Kier alpha value is -1.42. The molecule has 1 heterocycles. The van der Waals surface area contributed by atoms with Gasteiger partial charge in [-0.2, -0.15) is 0 Å². The van der Waals surface area contributed by atoms with E-state index in [4.69, 9.17) is 5.73 Å². The summed E-state index contributed by atoms with van der Waals surface area (Å²) in [5.74, 6) is -0.351. The van der Waals surface area contributed by atoms with E-state index >= 15 is 0 Å². The Morgan fingerprint density at radius 1 is 1.53 bits per heavy atom. The molecule has 0 spiro atoms. The highest BCUT2D eigenvalue weighted by Crippen LogP contribution is 2.21. The van der Waals surface area contributed by atoms with Crippen molar-refractivity contribution in [3.8, 4) is 0 Å². The fourth-order valence-electron chi connectivity index (χ4n) is 2.64. The van der Waals surface area contributed by atoms with Crippen LogP contribution in [0.2, 0.25) is 0 Å². The highest BCUT2D eigenvalue weighted by molar-refractivity contribution is 5.94. The van der Waals surface area contributed by atoms with Gasteiger partial charge in [0.25, 0.3) is 5.91 Å². The van der Waals surface area contributed by atoms with Crippen molar-refractivity contribution in [1.29, 1.82) is 0 Å². The van der Waals surface area contributed by atoms with E-state index in [2.05, 4.69) is 6.92 Å². The minimum Gasteiger partial charge on any atom is -0.338 e. The van der Waals surface area contributed by atoms with Crippen molar-refractivity contribution < 1.29 is 9.18 Å². The van der Waals surface area contributed by atoms with Gasteiger partial charge >= 0.3 is 0 Å². The van der Waals surface area contributed by atoms with Gasteiger partial charge in [-0.1, -0.05) is 25.0 Å². The minimum atomic E-state index is -0.446. The second-order valence-electron chi connectivity index (χ2n) is 5.36. The van der Waals surface area contributed by atoms with Crippen LogP contribution in [0.25, 0.3) is 0 Å². The van der Waals surface area contributed by atoms with Gasteiger partial charge in [0.1, 0.15) is 5.82 Å². The number of nitrogens with zero attached hydrogens (tertiary/aromatic N) is 1. The van der Waals surface area contributed by atoms with Gasteiger partial charge in [-0.25, -0.2) is 4.39 Å². The van der Waals surface area contributed by atoms with Crippen LogP contribution in [0.1, 0.15) is 35.7 Å². The maximum Gasteiger partial charge on any atom is 0.256 e. The lowest BCUT2D eigenvalue weighted by atomic mass is 9.90. The molecule has 3 nitrogen and oxygen atoms in total. The molecular weight excluding hydrogens is 243 g/mol. The van der Waals surface area contributed by atoms with E-state index in [1.807, 2.05) is 6.92 Å². The van der Waals surface area contributed by atoms with E-state index in [-0.39, 0.29) is 17.5 Å². The van der Waals surface area contributed by atoms with Crippen molar-refractivity contribution >= 4 is 5.91 Å². The van der Waals surface area contributed by atoms with E-state index in [1.165, 1.54) is 6.07 Å². The average molecular weight is 264 g/mol. The number of halogens is 1. The molecule has 1 saturated heterocycles. The van der Waals surface area contributed by atoms with Crippen LogP contribution in [0.15, 0.2) is 18.2 Å². The van der Waals surface area contributed by atoms with Gasteiger partial charge in [-0.3, -0.25) is 4.79 Å². The first-order valence-electron chi connectivity index (χ1n) is 6.84. The van der Waals surface area contributed by atoms with E-state index in [0.29, 0.717) is 19.0 Å². The number of carbonyl (C=O) groups excluding carboxylic acids is 1. The van der Waals surface area contributed by atoms with Gasteiger partial charge in [0.15, 0.2) is 0 Å². The predicted octanol–water partition coefficient (Wildman–Crippen LogP) is 2.33. The van der Waals surface area contributed by atoms with Crippen LogP contribution in [0, 0.1) is 18.7 Å². The van der Waals surface area contributed by atoms with Crippen molar-refractivity contribution in [2.24, 2.45) is 11.7 Å². The molecule has 2 atom stereocenters. The summed E-state index contributed by atoms with van der Waals surface area (Å²) in [7, 11) is 0. The highest BCUT2D eigenvalue weighted by atomic mass is 19.1. The van der Waals surface area contributed by atoms with Crippen LogP contribution < -0.4 is 5.73 Å². The molecule has 2 unspecified atom stereocenters. The Morgan fingerprint density at radius 3 is 2.95 bits per heavy atom. The molecule has 1 aliphatic heterocycles. The van der Waals surface area contributed by atoms with Crippen LogP contribution in [-0.4, -0.2) is 29.9 Å². The van der Waals surface area contributed by atoms with Crippen molar-refractivity contribution in [3.05, 3.63) is 35.1 Å². The van der Waals surface area contributed by atoms with Crippen molar-refractivity contribution in [2.45, 2.75) is 32.7 Å². The zero-order valence-corrected chi connectivity index (χ0v) is 11.5. The quantitative estimate of drug-likeness (QED) is 0.891. The first kappa shape index (κ1) is 14.0. The minimum absolute atomic E-state index is 0.149. The second kappa shape index (κ2) is 5.70. The van der Waals surface area contributed by atoms with Gasteiger partial charge in [0.2, 0.25) is 0 Å². The van der Waals surface area contributed by atoms with Crippen molar-refractivity contribution in [1.82, 2.24) is 4.90 Å². The number of benzene rings is 1. The number of hydrogen-bond donors (Lipinski definition) is 1. The fraction of sp³-hybridized carbons (Fsp3) is 0.533. The summed E-state index contributed by atoms with van der Waals surface area (Å²) in [6.07, 6.45) is 1.74. The SMILES string of the molecule is CCC1CN(C(=O)c2cc(C)ccc2F)CCC1N. The molecule has 0 saturated carbocycles. The molecule has 104 valence electrons. The number of likely N-dealkylation sites (tertiary alicyclic amines) is 1. The van der Waals surface area contributed by atoms with Crippen LogP contribution in [0.4, 0.5) is 4.39 Å². The molecule has 0 bridgehead atoms. The van der Waals surface area contributed by atoms with E-state index in [0.717, 1.165) is 18.4 Å². The van der Waals surface area contributed by atoms with Crippen LogP contribution in [0.5, 0.6) is 0 Å².